The molecule has 1 aliphatic heterocycles. The van der Waals surface area contributed by atoms with Gasteiger partial charge in [0, 0.05) is 30.2 Å². The molecule has 1 aliphatic carbocycles. The number of aromatic nitrogens is 3. The second-order valence-electron chi connectivity index (χ2n) is 6.77. The monoisotopic (exact) mass is 321 g/mol. The largest absolute Gasteiger partial charge is 0.378 e. The first kappa shape index (κ1) is 15.4. The zero-order chi connectivity index (χ0) is 16.2. The number of hydrogen-bond acceptors (Lipinski definition) is 3. The van der Waals surface area contributed by atoms with Crippen molar-refractivity contribution in [2.75, 3.05) is 6.61 Å². The Morgan fingerprint density at radius 3 is 2.75 bits per heavy atom. The summed E-state index contributed by atoms with van der Waals surface area (Å²) in [7, 11) is 0. The molecule has 2 aliphatic rings. The number of rotatable bonds is 4. The van der Waals surface area contributed by atoms with Crippen molar-refractivity contribution in [3.05, 3.63) is 36.0 Å². The zero-order valence-corrected chi connectivity index (χ0v) is 13.9. The molecule has 0 spiro atoms. The molecule has 124 valence electrons. The average molecular weight is 321 g/mol. The van der Waals surface area contributed by atoms with Gasteiger partial charge in [0.05, 0.1) is 12.3 Å². The lowest BCUT2D eigenvalue weighted by Gasteiger charge is -2.22. The van der Waals surface area contributed by atoms with Gasteiger partial charge >= 0.3 is 0 Å². The molecular formula is C20H23N3O. The lowest BCUT2D eigenvalue weighted by atomic mass is 10.1. The summed E-state index contributed by atoms with van der Waals surface area (Å²) in [5.74, 6) is 7.17. The third kappa shape index (κ3) is 4.04. The zero-order valence-electron chi connectivity index (χ0n) is 13.9. The Balaban J connectivity index is 1.36. The number of aryl methyl sites for hydroxylation is 1. The van der Waals surface area contributed by atoms with Gasteiger partial charge in [-0.05, 0) is 50.7 Å². The summed E-state index contributed by atoms with van der Waals surface area (Å²) in [4.78, 5) is 0. The molecule has 1 atom stereocenters. The highest BCUT2D eigenvalue weighted by molar-refractivity contribution is 5.59. The topological polar surface area (TPSA) is 39.9 Å². The van der Waals surface area contributed by atoms with Crippen LogP contribution >= 0.6 is 0 Å². The summed E-state index contributed by atoms with van der Waals surface area (Å²) < 4.78 is 7.70. The van der Waals surface area contributed by atoms with Gasteiger partial charge in [-0.3, -0.25) is 4.68 Å². The summed E-state index contributed by atoms with van der Waals surface area (Å²) in [6, 6.07) is 8.30. The van der Waals surface area contributed by atoms with Crippen molar-refractivity contribution in [1.29, 1.82) is 0 Å². The highest BCUT2D eigenvalue weighted by Crippen LogP contribution is 2.27. The highest BCUT2D eigenvalue weighted by Gasteiger charge is 2.17. The van der Waals surface area contributed by atoms with E-state index in [4.69, 9.17) is 4.74 Å². The van der Waals surface area contributed by atoms with E-state index in [-0.39, 0.29) is 0 Å². The second-order valence-corrected chi connectivity index (χ2v) is 6.77. The molecule has 0 amide bonds. The molecule has 2 heterocycles. The molecule has 2 aromatic rings. The minimum Gasteiger partial charge on any atom is -0.378 e. The summed E-state index contributed by atoms with van der Waals surface area (Å²) >= 11 is 0. The Hall–Kier alpha value is -2.12. The van der Waals surface area contributed by atoms with Crippen molar-refractivity contribution >= 4 is 0 Å². The number of hydrogen-bond donors (Lipinski definition) is 0. The molecule has 4 rings (SSSR count). The van der Waals surface area contributed by atoms with Gasteiger partial charge in [0.15, 0.2) is 0 Å². The third-order valence-corrected chi connectivity index (χ3v) is 4.67. The van der Waals surface area contributed by atoms with E-state index in [1.165, 1.54) is 32.1 Å². The summed E-state index contributed by atoms with van der Waals surface area (Å²) in [5, 5.41) is 8.55. The first-order valence-corrected chi connectivity index (χ1v) is 9.00. The van der Waals surface area contributed by atoms with Crippen LogP contribution in [0.1, 0.15) is 44.1 Å². The van der Waals surface area contributed by atoms with E-state index < -0.39 is 0 Å². The van der Waals surface area contributed by atoms with Crippen LogP contribution in [0.5, 0.6) is 0 Å². The molecule has 0 bridgehead atoms. The Morgan fingerprint density at radius 2 is 2.00 bits per heavy atom. The first-order valence-electron chi connectivity index (χ1n) is 9.00. The average Bonchev–Trinajstić information content (AvgIpc) is 3.35. The normalized spacial score (nSPS) is 20.4. The predicted molar refractivity (Wildman–Crippen MR) is 93.3 cm³/mol. The fourth-order valence-corrected chi connectivity index (χ4v) is 2.99. The van der Waals surface area contributed by atoms with E-state index in [9.17, 15) is 0 Å². The maximum Gasteiger partial charge on any atom is 0.113 e. The van der Waals surface area contributed by atoms with Gasteiger partial charge in [0.1, 0.15) is 5.69 Å². The van der Waals surface area contributed by atoms with Gasteiger partial charge in [-0.25, -0.2) is 0 Å². The third-order valence-electron chi connectivity index (χ3n) is 4.67. The van der Waals surface area contributed by atoms with Crippen LogP contribution in [0.15, 0.2) is 30.5 Å². The van der Waals surface area contributed by atoms with Crippen molar-refractivity contribution in [3.8, 4) is 23.1 Å². The van der Waals surface area contributed by atoms with Crippen molar-refractivity contribution in [2.24, 2.45) is 5.92 Å². The molecule has 0 radical (unpaired) electrons. The molecule has 4 nitrogen and oxygen atoms in total. The molecule has 1 saturated heterocycles. The number of ether oxygens (including phenoxy) is 1. The Bertz CT molecular complexity index is 728. The maximum atomic E-state index is 5.77. The summed E-state index contributed by atoms with van der Waals surface area (Å²) in [5.41, 5.74) is 3.08. The van der Waals surface area contributed by atoms with Gasteiger partial charge < -0.3 is 4.74 Å². The Labute approximate surface area is 143 Å². The Kier molecular flexibility index (Phi) is 4.62. The second kappa shape index (κ2) is 7.19. The van der Waals surface area contributed by atoms with Gasteiger partial charge in [-0.2, -0.15) is 0 Å². The molecule has 4 heteroatoms. The lowest BCUT2D eigenvalue weighted by molar-refractivity contribution is 0.00820. The van der Waals surface area contributed by atoms with Crippen LogP contribution in [0.2, 0.25) is 0 Å². The number of nitrogens with zero attached hydrogens (tertiary/aromatic N) is 3. The van der Waals surface area contributed by atoms with Crippen molar-refractivity contribution in [3.63, 3.8) is 0 Å². The van der Waals surface area contributed by atoms with E-state index in [1.54, 1.807) is 0 Å². The molecule has 24 heavy (non-hydrogen) atoms. The van der Waals surface area contributed by atoms with Crippen LogP contribution in [-0.4, -0.2) is 27.7 Å². The molecule has 0 unspecified atom stereocenters. The van der Waals surface area contributed by atoms with Crippen LogP contribution in [0, 0.1) is 17.8 Å². The van der Waals surface area contributed by atoms with E-state index >= 15 is 0 Å². The smallest absolute Gasteiger partial charge is 0.113 e. The molecular weight excluding hydrogens is 298 g/mol. The summed E-state index contributed by atoms with van der Waals surface area (Å²) in [6.07, 6.45) is 9.60. The van der Waals surface area contributed by atoms with Gasteiger partial charge in [0.2, 0.25) is 0 Å². The van der Waals surface area contributed by atoms with Crippen LogP contribution in [-0.2, 0) is 11.3 Å². The van der Waals surface area contributed by atoms with Crippen molar-refractivity contribution in [1.82, 2.24) is 15.0 Å². The summed E-state index contributed by atoms with van der Waals surface area (Å²) in [6.45, 7) is 1.77. The fraction of sp³-hybridized carbons (Fsp3) is 0.500. The Morgan fingerprint density at radius 1 is 1.12 bits per heavy atom. The molecule has 0 N–H and O–H groups in total. The van der Waals surface area contributed by atoms with E-state index in [0.717, 1.165) is 36.4 Å². The quantitative estimate of drug-likeness (QED) is 0.807. The van der Waals surface area contributed by atoms with Crippen LogP contribution in [0.4, 0.5) is 0 Å². The van der Waals surface area contributed by atoms with E-state index in [2.05, 4.69) is 46.4 Å². The maximum absolute atomic E-state index is 5.77. The van der Waals surface area contributed by atoms with Gasteiger partial charge in [-0.15, -0.1) is 5.10 Å². The molecule has 1 aromatic heterocycles. The highest BCUT2D eigenvalue weighted by atomic mass is 16.5. The van der Waals surface area contributed by atoms with Crippen molar-refractivity contribution < 1.29 is 4.74 Å². The van der Waals surface area contributed by atoms with Gasteiger partial charge in [-0.1, -0.05) is 29.2 Å². The standard InChI is InChI=1S/C20H23N3O/c1-2-14-24-19(3-1)12-13-23-15-20(21-22-23)18-10-8-17(9-11-18)7-6-16-4-5-16/h8-11,15-16,19H,1-5,12-14H2/t19-/m1/s1. The van der Waals surface area contributed by atoms with Gasteiger partial charge in [0.25, 0.3) is 0 Å². The molecule has 1 aromatic carbocycles. The lowest BCUT2D eigenvalue weighted by Crippen LogP contribution is -2.20. The molecule has 1 saturated carbocycles. The van der Waals surface area contributed by atoms with E-state index in [1.807, 2.05) is 10.9 Å². The minimum absolute atomic E-state index is 0.385. The SMILES string of the molecule is C(#CC1CC1)c1ccc(-c2cn(CC[C@H]3CCCCO3)nn2)cc1. The molecule has 2 fully saturated rings. The van der Waals surface area contributed by atoms with Crippen LogP contribution in [0.3, 0.4) is 0 Å². The van der Waals surface area contributed by atoms with Crippen LogP contribution in [0.25, 0.3) is 11.3 Å². The fourth-order valence-electron chi connectivity index (χ4n) is 2.99. The van der Waals surface area contributed by atoms with Crippen LogP contribution < -0.4 is 0 Å². The number of benzene rings is 1. The first-order chi connectivity index (χ1) is 11.9. The van der Waals surface area contributed by atoms with Crippen molar-refractivity contribution in [2.45, 2.75) is 51.2 Å². The van der Waals surface area contributed by atoms with E-state index in [0.29, 0.717) is 12.0 Å². The minimum atomic E-state index is 0.385. The predicted octanol–water partition coefficient (Wildman–Crippen LogP) is 3.67.